The molecule has 0 amide bonds. The standard InChI is InChI=1S/C23H34N8O2/c1-4-5-11-33-23-27-20(24)22-26-16-19(31(22)28-23)14-18-13-17(2)21(25-15-18)30-8-6-29(7-9-30)10-12-32-3/h13,15-16H,4-12,14H2,1-3H3,(H2,24,27,28). The lowest BCUT2D eigenvalue weighted by Crippen LogP contribution is -2.47. The highest BCUT2D eigenvalue weighted by molar-refractivity contribution is 5.60. The number of methoxy groups -OCH3 is 1. The molecule has 0 saturated carbocycles. The molecule has 178 valence electrons. The number of imidazole rings is 1. The largest absolute Gasteiger partial charge is 0.462 e. The normalized spacial score (nSPS) is 14.8. The third-order valence-corrected chi connectivity index (χ3v) is 5.94. The van der Waals surface area contributed by atoms with Crippen LogP contribution >= 0.6 is 0 Å². The van der Waals surface area contributed by atoms with Crippen molar-refractivity contribution < 1.29 is 9.47 Å². The lowest BCUT2D eigenvalue weighted by atomic mass is 10.1. The van der Waals surface area contributed by atoms with E-state index in [0.29, 0.717) is 24.5 Å². The van der Waals surface area contributed by atoms with Crippen LogP contribution < -0.4 is 15.4 Å². The number of aromatic nitrogens is 5. The molecule has 0 aliphatic carbocycles. The second kappa shape index (κ2) is 10.8. The number of piperazine rings is 1. The molecular weight excluding hydrogens is 420 g/mol. The van der Waals surface area contributed by atoms with E-state index in [9.17, 15) is 0 Å². The Morgan fingerprint density at radius 3 is 2.64 bits per heavy atom. The van der Waals surface area contributed by atoms with Gasteiger partial charge in [0.15, 0.2) is 11.5 Å². The molecule has 4 rings (SSSR count). The number of aryl methyl sites for hydroxylation is 1. The van der Waals surface area contributed by atoms with Crippen LogP contribution in [0.15, 0.2) is 18.5 Å². The molecule has 4 heterocycles. The van der Waals surface area contributed by atoms with Crippen LogP contribution in [0.2, 0.25) is 0 Å². The van der Waals surface area contributed by atoms with Gasteiger partial charge in [-0.25, -0.2) is 14.5 Å². The molecule has 0 unspecified atom stereocenters. The number of ether oxygens (including phenoxy) is 2. The van der Waals surface area contributed by atoms with Gasteiger partial charge in [-0.05, 0) is 24.5 Å². The van der Waals surface area contributed by atoms with Crippen molar-refractivity contribution in [2.45, 2.75) is 33.1 Å². The fourth-order valence-corrected chi connectivity index (χ4v) is 4.08. The van der Waals surface area contributed by atoms with Gasteiger partial charge < -0.3 is 20.1 Å². The second-order valence-corrected chi connectivity index (χ2v) is 8.45. The summed E-state index contributed by atoms with van der Waals surface area (Å²) in [5, 5.41) is 4.50. The molecule has 10 nitrogen and oxygen atoms in total. The van der Waals surface area contributed by atoms with Crippen molar-refractivity contribution in [2.75, 3.05) is 63.7 Å². The second-order valence-electron chi connectivity index (χ2n) is 8.45. The third-order valence-electron chi connectivity index (χ3n) is 5.94. The average molecular weight is 455 g/mol. The zero-order valence-corrected chi connectivity index (χ0v) is 19.8. The van der Waals surface area contributed by atoms with E-state index in [1.54, 1.807) is 17.8 Å². The minimum atomic E-state index is 0.280. The topological polar surface area (TPSA) is 107 Å². The molecule has 0 bridgehead atoms. The molecule has 1 fully saturated rings. The fraction of sp³-hybridized carbons (Fsp3) is 0.565. The van der Waals surface area contributed by atoms with Gasteiger partial charge in [0.1, 0.15) is 5.82 Å². The molecule has 10 heteroatoms. The lowest BCUT2D eigenvalue weighted by Gasteiger charge is -2.36. The predicted molar refractivity (Wildman–Crippen MR) is 128 cm³/mol. The molecular formula is C23H34N8O2. The Kier molecular flexibility index (Phi) is 7.56. The monoisotopic (exact) mass is 454 g/mol. The number of fused-ring (bicyclic) bond motifs is 1. The van der Waals surface area contributed by atoms with Crippen molar-refractivity contribution in [3.8, 4) is 6.01 Å². The maximum atomic E-state index is 6.09. The van der Waals surface area contributed by atoms with E-state index in [1.807, 2.05) is 6.20 Å². The predicted octanol–water partition coefficient (Wildman–Crippen LogP) is 1.95. The molecule has 0 atom stereocenters. The number of anilines is 2. The van der Waals surface area contributed by atoms with Gasteiger partial charge in [0.25, 0.3) is 0 Å². The maximum Gasteiger partial charge on any atom is 0.336 e. The summed E-state index contributed by atoms with van der Waals surface area (Å²) in [4.78, 5) is 18.2. The fourth-order valence-electron chi connectivity index (χ4n) is 4.08. The number of unbranched alkanes of at least 4 members (excludes halogenated alkanes) is 1. The van der Waals surface area contributed by atoms with E-state index in [0.717, 1.165) is 69.2 Å². The van der Waals surface area contributed by atoms with Crippen LogP contribution in [0.4, 0.5) is 11.6 Å². The van der Waals surface area contributed by atoms with Gasteiger partial charge >= 0.3 is 6.01 Å². The average Bonchev–Trinajstić information content (AvgIpc) is 3.21. The van der Waals surface area contributed by atoms with Crippen LogP contribution in [0.5, 0.6) is 6.01 Å². The molecule has 33 heavy (non-hydrogen) atoms. The van der Waals surface area contributed by atoms with Crippen LogP contribution in [0, 0.1) is 6.92 Å². The summed E-state index contributed by atoms with van der Waals surface area (Å²) in [5.74, 6) is 1.37. The van der Waals surface area contributed by atoms with Gasteiger partial charge in [0.2, 0.25) is 0 Å². The smallest absolute Gasteiger partial charge is 0.336 e. The van der Waals surface area contributed by atoms with Gasteiger partial charge in [-0.3, -0.25) is 4.90 Å². The van der Waals surface area contributed by atoms with Gasteiger partial charge in [0, 0.05) is 52.5 Å². The highest BCUT2D eigenvalue weighted by Gasteiger charge is 2.20. The molecule has 2 N–H and O–H groups in total. The molecule has 0 spiro atoms. The lowest BCUT2D eigenvalue weighted by molar-refractivity contribution is 0.144. The summed E-state index contributed by atoms with van der Waals surface area (Å²) in [7, 11) is 1.75. The van der Waals surface area contributed by atoms with Crippen molar-refractivity contribution in [1.29, 1.82) is 0 Å². The van der Waals surface area contributed by atoms with E-state index in [4.69, 9.17) is 20.2 Å². The van der Waals surface area contributed by atoms with Gasteiger partial charge in [0.05, 0.1) is 25.1 Å². The summed E-state index contributed by atoms with van der Waals surface area (Å²) in [6, 6.07) is 2.48. The highest BCUT2D eigenvalue weighted by atomic mass is 16.5. The van der Waals surface area contributed by atoms with E-state index < -0.39 is 0 Å². The van der Waals surface area contributed by atoms with E-state index in [-0.39, 0.29) is 6.01 Å². The summed E-state index contributed by atoms with van der Waals surface area (Å²) < 4.78 is 12.6. The number of rotatable bonds is 10. The van der Waals surface area contributed by atoms with Gasteiger partial charge in [-0.1, -0.05) is 19.4 Å². The zero-order chi connectivity index (χ0) is 23.2. The van der Waals surface area contributed by atoms with Crippen molar-refractivity contribution in [3.63, 3.8) is 0 Å². The Hall–Kier alpha value is -2.98. The number of nitrogen functional groups attached to an aromatic ring is 1. The third kappa shape index (κ3) is 5.51. The van der Waals surface area contributed by atoms with Crippen molar-refractivity contribution >= 4 is 17.3 Å². The molecule has 1 aliphatic rings. The number of pyridine rings is 1. The molecule has 1 aliphatic heterocycles. The summed E-state index contributed by atoms with van der Waals surface area (Å²) in [6.45, 7) is 10.6. The SMILES string of the molecule is CCCCOc1nc(N)c2ncc(Cc3cnc(N4CCN(CCOC)CC4)c(C)c3)n2n1. The first-order valence-electron chi connectivity index (χ1n) is 11.6. The van der Waals surface area contributed by atoms with Crippen molar-refractivity contribution in [2.24, 2.45) is 0 Å². The number of hydrogen-bond donors (Lipinski definition) is 1. The van der Waals surface area contributed by atoms with Crippen molar-refractivity contribution in [3.05, 3.63) is 35.3 Å². The van der Waals surface area contributed by atoms with Crippen LogP contribution in [0.3, 0.4) is 0 Å². The molecule has 0 radical (unpaired) electrons. The minimum absolute atomic E-state index is 0.280. The Morgan fingerprint density at radius 2 is 1.91 bits per heavy atom. The van der Waals surface area contributed by atoms with Crippen LogP contribution in [-0.2, 0) is 11.2 Å². The van der Waals surface area contributed by atoms with Gasteiger partial charge in [-0.2, -0.15) is 4.98 Å². The highest BCUT2D eigenvalue weighted by Crippen LogP contribution is 2.22. The van der Waals surface area contributed by atoms with Crippen LogP contribution in [0.25, 0.3) is 5.65 Å². The molecule has 1 saturated heterocycles. The van der Waals surface area contributed by atoms with E-state index in [1.165, 1.54) is 5.56 Å². The van der Waals surface area contributed by atoms with E-state index in [2.05, 4.69) is 44.8 Å². The van der Waals surface area contributed by atoms with Crippen LogP contribution in [-0.4, -0.2) is 82.5 Å². The molecule has 3 aromatic heterocycles. The molecule has 0 aromatic carbocycles. The number of nitrogens with zero attached hydrogens (tertiary/aromatic N) is 7. The Bertz CT molecular complexity index is 1060. The Balaban J connectivity index is 1.46. The molecule has 3 aromatic rings. The van der Waals surface area contributed by atoms with Gasteiger partial charge in [-0.15, -0.1) is 5.10 Å². The van der Waals surface area contributed by atoms with Crippen molar-refractivity contribution in [1.82, 2.24) is 29.5 Å². The first-order valence-corrected chi connectivity index (χ1v) is 11.6. The Labute approximate surface area is 194 Å². The number of nitrogens with two attached hydrogens (primary N) is 1. The quantitative estimate of drug-likeness (QED) is 0.460. The maximum absolute atomic E-state index is 6.09. The van der Waals surface area contributed by atoms with E-state index >= 15 is 0 Å². The summed E-state index contributed by atoms with van der Waals surface area (Å²) in [5.41, 5.74) is 9.82. The summed E-state index contributed by atoms with van der Waals surface area (Å²) in [6.07, 6.45) is 6.36. The van der Waals surface area contributed by atoms with Crippen LogP contribution in [0.1, 0.15) is 36.6 Å². The number of hydrogen-bond acceptors (Lipinski definition) is 9. The zero-order valence-electron chi connectivity index (χ0n) is 19.8. The minimum Gasteiger partial charge on any atom is -0.462 e. The summed E-state index contributed by atoms with van der Waals surface area (Å²) >= 11 is 0. The first-order chi connectivity index (χ1) is 16.1. The first kappa shape index (κ1) is 23.2. The Morgan fingerprint density at radius 1 is 1.09 bits per heavy atom.